The van der Waals surface area contributed by atoms with Crippen molar-refractivity contribution in [2.75, 3.05) is 0 Å². The molecular weight excluding hydrogens is 368 g/mol. The van der Waals surface area contributed by atoms with E-state index in [9.17, 15) is 18.4 Å². The molecule has 9 heteroatoms. The molecule has 0 spiro atoms. The zero-order valence-corrected chi connectivity index (χ0v) is 14.3. The highest BCUT2D eigenvalue weighted by Crippen LogP contribution is 2.55. The fourth-order valence-corrected chi connectivity index (χ4v) is 3.61. The van der Waals surface area contributed by atoms with Crippen LogP contribution in [0.4, 0.5) is 8.78 Å². The molecular formula is C19H13F2N5O2. The van der Waals surface area contributed by atoms with E-state index in [1.165, 1.54) is 18.3 Å². The van der Waals surface area contributed by atoms with Crippen LogP contribution in [0.15, 0.2) is 52.3 Å². The van der Waals surface area contributed by atoms with E-state index < -0.39 is 22.9 Å². The summed E-state index contributed by atoms with van der Waals surface area (Å²) in [6.07, 6.45) is 3.57. The number of nitrogens with one attached hydrogen (secondary N) is 2. The molecule has 3 heterocycles. The fraction of sp³-hybridized carbons (Fsp3) is 0.158. The number of H-pyrrole nitrogens is 2. The number of aromatic amines is 2. The largest absolute Gasteiger partial charge is 0.325 e. The van der Waals surface area contributed by atoms with Crippen LogP contribution in [-0.4, -0.2) is 24.6 Å². The summed E-state index contributed by atoms with van der Waals surface area (Å²) in [5.74, 6) is -1.35. The molecule has 5 rings (SSSR count). The minimum absolute atomic E-state index is 0.0500. The monoisotopic (exact) mass is 381 g/mol. The second-order valence-electron chi connectivity index (χ2n) is 6.77. The molecule has 0 unspecified atom stereocenters. The molecule has 2 atom stereocenters. The lowest BCUT2D eigenvalue weighted by molar-refractivity contribution is 0.571. The molecule has 1 aromatic carbocycles. The van der Waals surface area contributed by atoms with Crippen molar-refractivity contribution in [2.45, 2.75) is 18.3 Å². The Hall–Kier alpha value is -3.62. The molecule has 0 amide bonds. The molecule has 1 aliphatic carbocycles. The minimum Gasteiger partial charge on any atom is -0.313 e. The van der Waals surface area contributed by atoms with Gasteiger partial charge in [-0.15, -0.1) is 0 Å². The van der Waals surface area contributed by atoms with Crippen molar-refractivity contribution >= 4 is 5.65 Å². The first-order valence-electron chi connectivity index (χ1n) is 8.63. The van der Waals surface area contributed by atoms with Crippen molar-refractivity contribution in [3.8, 4) is 11.3 Å². The highest BCUT2D eigenvalue weighted by molar-refractivity contribution is 5.61. The summed E-state index contributed by atoms with van der Waals surface area (Å²) in [5.41, 5.74) is 1.19. The molecule has 7 nitrogen and oxygen atoms in total. The first-order valence-corrected chi connectivity index (χ1v) is 8.63. The van der Waals surface area contributed by atoms with E-state index in [1.807, 2.05) is 0 Å². The minimum atomic E-state index is -0.614. The Morgan fingerprint density at radius 2 is 1.96 bits per heavy atom. The van der Waals surface area contributed by atoms with Gasteiger partial charge in [0.15, 0.2) is 5.65 Å². The predicted octanol–water partition coefficient (Wildman–Crippen LogP) is 2.32. The van der Waals surface area contributed by atoms with E-state index in [2.05, 4.69) is 20.1 Å². The number of hydrogen-bond donors (Lipinski definition) is 2. The van der Waals surface area contributed by atoms with Crippen molar-refractivity contribution in [1.82, 2.24) is 24.6 Å². The molecule has 3 aromatic heterocycles. The van der Waals surface area contributed by atoms with Gasteiger partial charge in [-0.25, -0.2) is 23.1 Å². The summed E-state index contributed by atoms with van der Waals surface area (Å²) >= 11 is 0. The molecule has 1 saturated carbocycles. The normalized spacial score (nSPS) is 18.5. The molecule has 1 fully saturated rings. The van der Waals surface area contributed by atoms with Gasteiger partial charge < -0.3 is 4.98 Å². The quantitative estimate of drug-likeness (QED) is 0.569. The number of fused-ring (bicyclic) bond motifs is 1. The first kappa shape index (κ1) is 16.5. The van der Waals surface area contributed by atoms with E-state index in [4.69, 9.17) is 0 Å². The van der Waals surface area contributed by atoms with Crippen molar-refractivity contribution in [1.29, 1.82) is 0 Å². The third-order valence-electron chi connectivity index (χ3n) is 5.01. The summed E-state index contributed by atoms with van der Waals surface area (Å²) in [4.78, 5) is 32.5. The third-order valence-corrected chi connectivity index (χ3v) is 5.01. The van der Waals surface area contributed by atoms with Gasteiger partial charge in [0.1, 0.15) is 11.6 Å². The van der Waals surface area contributed by atoms with Crippen molar-refractivity contribution in [2.24, 2.45) is 0 Å². The Labute approximate surface area is 155 Å². The van der Waals surface area contributed by atoms with Gasteiger partial charge in [0.2, 0.25) is 0 Å². The number of benzene rings is 1. The van der Waals surface area contributed by atoms with Gasteiger partial charge in [0, 0.05) is 24.2 Å². The highest BCUT2D eigenvalue weighted by atomic mass is 19.1. The van der Waals surface area contributed by atoms with Crippen LogP contribution >= 0.6 is 0 Å². The van der Waals surface area contributed by atoms with Gasteiger partial charge in [0.05, 0.1) is 23.1 Å². The Morgan fingerprint density at radius 3 is 2.75 bits per heavy atom. The zero-order valence-electron chi connectivity index (χ0n) is 14.3. The number of rotatable bonds is 3. The van der Waals surface area contributed by atoms with Crippen LogP contribution in [0, 0.1) is 11.6 Å². The molecule has 0 radical (unpaired) electrons. The van der Waals surface area contributed by atoms with Crippen LogP contribution in [0.3, 0.4) is 0 Å². The summed E-state index contributed by atoms with van der Waals surface area (Å²) < 4.78 is 29.0. The summed E-state index contributed by atoms with van der Waals surface area (Å²) in [6, 6.07) is 7.00. The lowest BCUT2D eigenvalue weighted by Crippen LogP contribution is -2.23. The van der Waals surface area contributed by atoms with Crippen LogP contribution in [0.5, 0.6) is 0 Å². The van der Waals surface area contributed by atoms with E-state index in [1.54, 1.807) is 22.8 Å². The smallest absolute Gasteiger partial charge is 0.313 e. The SMILES string of the molecule is O=c1[nH]cc(-c2cc([C@@H]3C[C@H]3c3ccc(F)cc3F)n3nccc3n2)c(=O)[nH]1. The van der Waals surface area contributed by atoms with Crippen molar-refractivity contribution < 1.29 is 8.78 Å². The molecule has 2 N–H and O–H groups in total. The van der Waals surface area contributed by atoms with Crippen LogP contribution in [0.25, 0.3) is 16.9 Å². The standard InChI is InChI=1S/C19H13F2N5O2/c20-9-1-2-10(14(21)5-9)11-6-12(11)16-7-15(24-17-3-4-23-26(16)17)13-8-22-19(28)25-18(13)27/h1-5,7-8,11-12H,6H2,(H2,22,25,27,28)/t11-,12+/m0/s1. The Kier molecular flexibility index (Phi) is 3.51. The van der Waals surface area contributed by atoms with Crippen LogP contribution < -0.4 is 11.2 Å². The maximum absolute atomic E-state index is 14.2. The first-order chi connectivity index (χ1) is 13.5. The summed E-state index contributed by atoms with van der Waals surface area (Å²) in [7, 11) is 0. The van der Waals surface area contributed by atoms with E-state index in [0.717, 1.165) is 11.8 Å². The third kappa shape index (κ3) is 2.63. The van der Waals surface area contributed by atoms with Crippen LogP contribution in [-0.2, 0) is 0 Å². The second kappa shape index (κ2) is 5.95. The lowest BCUT2D eigenvalue weighted by atomic mass is 10.1. The fourth-order valence-electron chi connectivity index (χ4n) is 3.61. The molecule has 140 valence electrons. The number of nitrogens with zero attached hydrogens (tertiary/aromatic N) is 3. The lowest BCUT2D eigenvalue weighted by Gasteiger charge is -2.08. The van der Waals surface area contributed by atoms with Gasteiger partial charge in [-0.3, -0.25) is 9.78 Å². The molecule has 0 aliphatic heterocycles. The van der Waals surface area contributed by atoms with Crippen LogP contribution in [0.2, 0.25) is 0 Å². The molecule has 0 bridgehead atoms. The zero-order chi connectivity index (χ0) is 19.4. The predicted molar refractivity (Wildman–Crippen MR) is 96.1 cm³/mol. The Balaban J connectivity index is 1.61. The van der Waals surface area contributed by atoms with E-state index in [-0.39, 0.29) is 17.4 Å². The molecule has 4 aromatic rings. The van der Waals surface area contributed by atoms with Crippen molar-refractivity contribution in [3.63, 3.8) is 0 Å². The molecule has 1 aliphatic rings. The molecule has 28 heavy (non-hydrogen) atoms. The highest BCUT2D eigenvalue weighted by Gasteiger charge is 2.43. The van der Waals surface area contributed by atoms with Gasteiger partial charge in [-0.2, -0.15) is 5.10 Å². The average molecular weight is 381 g/mol. The second-order valence-corrected chi connectivity index (χ2v) is 6.77. The van der Waals surface area contributed by atoms with Gasteiger partial charge in [-0.1, -0.05) is 6.07 Å². The summed E-state index contributed by atoms with van der Waals surface area (Å²) in [5, 5.41) is 4.27. The Morgan fingerprint density at radius 1 is 1.11 bits per heavy atom. The van der Waals surface area contributed by atoms with Gasteiger partial charge >= 0.3 is 5.69 Å². The van der Waals surface area contributed by atoms with Crippen molar-refractivity contribution in [3.05, 3.63) is 86.5 Å². The summed E-state index contributed by atoms with van der Waals surface area (Å²) in [6.45, 7) is 0. The van der Waals surface area contributed by atoms with E-state index in [0.29, 0.717) is 23.3 Å². The number of aromatic nitrogens is 5. The maximum atomic E-state index is 14.2. The van der Waals surface area contributed by atoms with Crippen LogP contribution in [0.1, 0.15) is 29.5 Å². The Bertz CT molecular complexity index is 1340. The maximum Gasteiger partial charge on any atom is 0.325 e. The molecule has 0 saturated heterocycles. The number of hydrogen-bond acceptors (Lipinski definition) is 4. The van der Waals surface area contributed by atoms with Gasteiger partial charge in [-0.05, 0) is 30.0 Å². The average Bonchev–Trinajstić information content (AvgIpc) is 3.28. The van der Waals surface area contributed by atoms with Gasteiger partial charge in [0.25, 0.3) is 5.56 Å². The topological polar surface area (TPSA) is 95.9 Å². The number of halogens is 2. The van der Waals surface area contributed by atoms with E-state index >= 15 is 0 Å².